The van der Waals surface area contributed by atoms with E-state index in [9.17, 15) is 18.0 Å². The van der Waals surface area contributed by atoms with Crippen LogP contribution in [-0.4, -0.2) is 64.8 Å². The van der Waals surface area contributed by atoms with Crippen LogP contribution in [0.5, 0.6) is 0 Å². The normalized spacial score (nSPS) is 18.8. The molecule has 3 heterocycles. The van der Waals surface area contributed by atoms with Gasteiger partial charge >= 0.3 is 6.18 Å². The summed E-state index contributed by atoms with van der Waals surface area (Å²) >= 11 is 0. The molecule has 27 heavy (non-hydrogen) atoms. The highest BCUT2D eigenvalue weighted by atomic mass is 19.4. The van der Waals surface area contributed by atoms with Crippen molar-refractivity contribution >= 4 is 11.6 Å². The third-order valence-electron chi connectivity index (χ3n) is 4.78. The summed E-state index contributed by atoms with van der Waals surface area (Å²) in [4.78, 5) is 18.7. The second-order valence-electron chi connectivity index (χ2n) is 6.85. The maximum Gasteiger partial charge on any atom is 0.433 e. The van der Waals surface area contributed by atoms with Gasteiger partial charge < -0.3 is 10.1 Å². The zero-order valence-electron chi connectivity index (χ0n) is 14.6. The molecule has 0 bridgehead atoms. The Morgan fingerprint density at radius 1 is 1.26 bits per heavy atom. The first-order chi connectivity index (χ1) is 12.9. The first-order valence-corrected chi connectivity index (χ1v) is 8.98. The van der Waals surface area contributed by atoms with Crippen molar-refractivity contribution in [2.45, 2.75) is 24.9 Å². The summed E-state index contributed by atoms with van der Waals surface area (Å²) in [5.41, 5.74) is -0.510. The van der Waals surface area contributed by atoms with Gasteiger partial charge in [-0.3, -0.25) is 9.69 Å². The van der Waals surface area contributed by atoms with Crippen LogP contribution in [0.3, 0.4) is 0 Å². The fourth-order valence-electron chi connectivity index (χ4n) is 3.14. The van der Waals surface area contributed by atoms with Crippen molar-refractivity contribution < 1.29 is 22.7 Å². The fraction of sp³-hybridized carbons (Fsp3) is 0.588. The summed E-state index contributed by atoms with van der Waals surface area (Å²) in [6.45, 7) is 3.96. The number of hydrogen-bond donors (Lipinski definition) is 1. The Balaban J connectivity index is 1.50. The molecule has 1 aliphatic heterocycles. The Hall–Kier alpha value is -2.20. The second kappa shape index (κ2) is 7.08. The van der Waals surface area contributed by atoms with Crippen molar-refractivity contribution in [1.82, 2.24) is 24.8 Å². The van der Waals surface area contributed by atoms with E-state index in [0.29, 0.717) is 36.5 Å². The number of carbonyl (C=O) groups excluding carboxylic acids is 1. The average Bonchev–Trinajstić information content (AvgIpc) is 3.39. The molecular formula is C17H20F3N5O2. The van der Waals surface area contributed by atoms with Crippen molar-refractivity contribution in [3.8, 4) is 0 Å². The first kappa shape index (κ1) is 18.2. The van der Waals surface area contributed by atoms with Crippen LogP contribution in [0, 0.1) is 0 Å². The average molecular weight is 383 g/mol. The Morgan fingerprint density at radius 3 is 2.67 bits per heavy atom. The Bertz CT molecular complexity index is 841. The standard InChI is InChI=1S/C17H20F3N5O2/c18-17(19,20)14-9-12(11-1-2-11)22-15-10-13(23-25(14)15)16(26)21-3-4-24-5-7-27-8-6-24/h9-11H,1-8H2,(H,21,26). The van der Waals surface area contributed by atoms with Gasteiger partial charge in [0.15, 0.2) is 11.3 Å². The number of nitrogens with zero attached hydrogens (tertiary/aromatic N) is 4. The van der Waals surface area contributed by atoms with Gasteiger partial charge in [-0.15, -0.1) is 0 Å². The van der Waals surface area contributed by atoms with Crippen LogP contribution in [0.2, 0.25) is 0 Å². The number of carbonyl (C=O) groups is 1. The molecule has 1 N–H and O–H groups in total. The van der Waals surface area contributed by atoms with E-state index in [1.807, 2.05) is 0 Å². The van der Waals surface area contributed by atoms with Gasteiger partial charge in [0.05, 0.1) is 13.2 Å². The van der Waals surface area contributed by atoms with E-state index < -0.39 is 17.8 Å². The molecule has 0 atom stereocenters. The minimum absolute atomic E-state index is 0.0463. The molecule has 1 amide bonds. The smallest absolute Gasteiger partial charge is 0.379 e. The molecule has 2 fully saturated rings. The Morgan fingerprint density at radius 2 is 2.00 bits per heavy atom. The SMILES string of the molecule is O=C(NCCN1CCOCC1)c1cc2nc(C3CC3)cc(C(F)(F)F)n2n1. The number of alkyl halides is 3. The summed E-state index contributed by atoms with van der Waals surface area (Å²) in [6.07, 6.45) is -2.89. The van der Waals surface area contributed by atoms with Gasteiger partial charge in [0.25, 0.3) is 5.91 Å². The minimum Gasteiger partial charge on any atom is -0.379 e. The van der Waals surface area contributed by atoms with E-state index >= 15 is 0 Å². The number of halogens is 3. The number of morpholine rings is 1. The lowest BCUT2D eigenvalue weighted by Gasteiger charge is -2.26. The number of aromatic nitrogens is 3. The predicted molar refractivity (Wildman–Crippen MR) is 89.6 cm³/mol. The predicted octanol–water partition coefficient (Wildman–Crippen LogP) is 1.69. The molecule has 0 aromatic carbocycles. The molecule has 2 aromatic heterocycles. The zero-order chi connectivity index (χ0) is 19.0. The number of rotatable bonds is 5. The lowest BCUT2D eigenvalue weighted by molar-refractivity contribution is -0.142. The van der Waals surface area contributed by atoms with Crippen LogP contribution >= 0.6 is 0 Å². The van der Waals surface area contributed by atoms with E-state index in [1.54, 1.807) is 0 Å². The lowest BCUT2D eigenvalue weighted by atomic mass is 10.2. The van der Waals surface area contributed by atoms with Crippen LogP contribution < -0.4 is 5.32 Å². The summed E-state index contributed by atoms with van der Waals surface area (Å²) in [6, 6.07) is 2.35. The molecule has 10 heteroatoms. The van der Waals surface area contributed by atoms with Gasteiger partial charge in [0.2, 0.25) is 0 Å². The highest BCUT2D eigenvalue weighted by Gasteiger charge is 2.37. The van der Waals surface area contributed by atoms with Crippen molar-refractivity contribution in [2.75, 3.05) is 39.4 Å². The van der Waals surface area contributed by atoms with Crippen LogP contribution in [0.15, 0.2) is 12.1 Å². The molecule has 2 aromatic rings. The fourth-order valence-corrected chi connectivity index (χ4v) is 3.14. The number of fused-ring (bicyclic) bond motifs is 1. The van der Waals surface area contributed by atoms with Crippen LogP contribution in [-0.2, 0) is 10.9 Å². The molecule has 1 saturated carbocycles. The molecule has 0 unspecified atom stereocenters. The van der Waals surface area contributed by atoms with Crippen molar-refractivity contribution in [3.05, 3.63) is 29.2 Å². The van der Waals surface area contributed by atoms with Crippen LogP contribution in [0.4, 0.5) is 13.2 Å². The van der Waals surface area contributed by atoms with Crippen molar-refractivity contribution in [3.63, 3.8) is 0 Å². The maximum atomic E-state index is 13.4. The highest BCUT2D eigenvalue weighted by Crippen LogP contribution is 2.41. The molecule has 0 radical (unpaired) electrons. The summed E-state index contributed by atoms with van der Waals surface area (Å²) < 4.78 is 46.2. The molecule has 1 aliphatic carbocycles. The number of amides is 1. The summed E-state index contributed by atoms with van der Waals surface area (Å²) in [5.74, 6) is -0.438. The minimum atomic E-state index is -4.57. The largest absolute Gasteiger partial charge is 0.433 e. The van der Waals surface area contributed by atoms with Crippen LogP contribution in [0.1, 0.15) is 40.6 Å². The van der Waals surface area contributed by atoms with Gasteiger partial charge in [-0.1, -0.05) is 0 Å². The summed E-state index contributed by atoms with van der Waals surface area (Å²) in [5, 5.41) is 6.56. The van der Waals surface area contributed by atoms with Gasteiger partial charge in [-0.05, 0) is 18.9 Å². The van der Waals surface area contributed by atoms with E-state index in [2.05, 4.69) is 20.3 Å². The van der Waals surface area contributed by atoms with E-state index in [0.717, 1.165) is 32.0 Å². The second-order valence-corrected chi connectivity index (χ2v) is 6.85. The number of nitrogens with one attached hydrogen (secondary N) is 1. The van der Waals surface area contributed by atoms with Crippen molar-refractivity contribution in [1.29, 1.82) is 0 Å². The Labute approximate surface area is 153 Å². The van der Waals surface area contributed by atoms with E-state index in [1.165, 1.54) is 6.07 Å². The molecule has 2 aliphatic rings. The molecule has 7 nitrogen and oxygen atoms in total. The maximum absolute atomic E-state index is 13.4. The van der Waals surface area contributed by atoms with Gasteiger partial charge in [0.1, 0.15) is 5.69 Å². The van der Waals surface area contributed by atoms with E-state index in [-0.39, 0.29) is 17.3 Å². The molecule has 0 spiro atoms. The van der Waals surface area contributed by atoms with Crippen LogP contribution in [0.25, 0.3) is 5.65 Å². The number of hydrogen-bond acceptors (Lipinski definition) is 5. The first-order valence-electron chi connectivity index (χ1n) is 8.98. The number of ether oxygens (including phenoxy) is 1. The lowest BCUT2D eigenvalue weighted by Crippen LogP contribution is -2.41. The summed E-state index contributed by atoms with van der Waals surface area (Å²) in [7, 11) is 0. The zero-order valence-corrected chi connectivity index (χ0v) is 14.6. The molecule has 146 valence electrons. The monoisotopic (exact) mass is 383 g/mol. The van der Waals surface area contributed by atoms with Crippen molar-refractivity contribution in [2.24, 2.45) is 0 Å². The molecule has 1 saturated heterocycles. The Kier molecular flexibility index (Phi) is 4.77. The quantitative estimate of drug-likeness (QED) is 0.851. The molecular weight excluding hydrogens is 363 g/mol. The van der Waals surface area contributed by atoms with Gasteiger partial charge in [-0.25, -0.2) is 9.50 Å². The highest BCUT2D eigenvalue weighted by molar-refractivity contribution is 5.93. The molecule has 4 rings (SSSR count). The topological polar surface area (TPSA) is 71.8 Å². The third-order valence-corrected chi connectivity index (χ3v) is 4.78. The van der Waals surface area contributed by atoms with Gasteiger partial charge in [0, 0.05) is 43.9 Å². The third kappa shape index (κ3) is 4.06. The van der Waals surface area contributed by atoms with Gasteiger partial charge in [-0.2, -0.15) is 18.3 Å². The van der Waals surface area contributed by atoms with E-state index in [4.69, 9.17) is 4.74 Å².